The molecule has 4 rings (SSSR count). The van der Waals surface area contributed by atoms with Gasteiger partial charge in [-0.3, -0.25) is 15.1 Å². The number of thiophene rings is 1. The van der Waals surface area contributed by atoms with Gasteiger partial charge in [0.25, 0.3) is 5.91 Å². The van der Waals surface area contributed by atoms with E-state index in [9.17, 15) is 4.79 Å². The highest BCUT2D eigenvalue weighted by molar-refractivity contribution is 7.21. The normalized spacial score (nSPS) is 11.0. The Balaban J connectivity index is 1.63. The van der Waals surface area contributed by atoms with Gasteiger partial charge in [0.2, 0.25) is 0 Å². The minimum Gasteiger partial charge on any atom is -0.397 e. The molecule has 1 amide bonds. The third-order valence-electron chi connectivity index (χ3n) is 3.93. The summed E-state index contributed by atoms with van der Waals surface area (Å²) >= 11 is 2.67. The SMILES string of the molecule is Cc1cc(C)c2c(N)c(C(=O)Nc3nc(-c4ccncc4)cs3)sc2n1. The van der Waals surface area contributed by atoms with Crippen molar-refractivity contribution in [2.45, 2.75) is 13.8 Å². The maximum Gasteiger partial charge on any atom is 0.269 e. The topological polar surface area (TPSA) is 93.8 Å². The van der Waals surface area contributed by atoms with Crippen LogP contribution in [-0.4, -0.2) is 20.9 Å². The first-order valence-electron chi connectivity index (χ1n) is 7.86. The van der Waals surface area contributed by atoms with Gasteiger partial charge in [-0.2, -0.15) is 0 Å². The molecule has 3 N–H and O–H groups in total. The van der Waals surface area contributed by atoms with Gasteiger partial charge in [-0.15, -0.1) is 22.7 Å². The molecule has 0 fully saturated rings. The Hall–Kier alpha value is -2.84. The molecule has 0 aliphatic carbocycles. The van der Waals surface area contributed by atoms with Gasteiger partial charge in [0, 0.05) is 34.4 Å². The molecule has 4 aromatic rings. The maximum atomic E-state index is 12.7. The number of aromatic nitrogens is 3. The van der Waals surface area contributed by atoms with Gasteiger partial charge >= 0.3 is 0 Å². The van der Waals surface area contributed by atoms with Gasteiger partial charge in [-0.05, 0) is 37.6 Å². The van der Waals surface area contributed by atoms with Crippen molar-refractivity contribution in [3.63, 3.8) is 0 Å². The molecule has 0 radical (unpaired) electrons. The standard InChI is InChI=1S/C18H15N5OS2/c1-9-7-10(2)21-17-13(9)14(19)15(26-17)16(24)23-18-22-12(8-25-18)11-3-5-20-6-4-11/h3-8H,19H2,1-2H3,(H,22,23,24). The Morgan fingerprint density at radius 1 is 1.19 bits per heavy atom. The first kappa shape index (κ1) is 16.6. The summed E-state index contributed by atoms with van der Waals surface area (Å²) in [5, 5.41) is 6.11. The van der Waals surface area contributed by atoms with E-state index in [1.54, 1.807) is 12.4 Å². The largest absolute Gasteiger partial charge is 0.397 e. The summed E-state index contributed by atoms with van der Waals surface area (Å²) in [6.45, 7) is 3.90. The van der Waals surface area contributed by atoms with Crippen molar-refractivity contribution in [1.29, 1.82) is 0 Å². The first-order chi connectivity index (χ1) is 12.5. The molecule has 8 heteroatoms. The van der Waals surface area contributed by atoms with E-state index in [1.807, 2.05) is 37.4 Å². The van der Waals surface area contributed by atoms with Gasteiger partial charge < -0.3 is 5.73 Å². The Labute approximate surface area is 157 Å². The summed E-state index contributed by atoms with van der Waals surface area (Å²) < 4.78 is 0. The van der Waals surface area contributed by atoms with E-state index >= 15 is 0 Å². The first-order valence-corrected chi connectivity index (χ1v) is 9.56. The fraction of sp³-hybridized carbons (Fsp3) is 0.111. The summed E-state index contributed by atoms with van der Waals surface area (Å²) in [6.07, 6.45) is 3.42. The lowest BCUT2D eigenvalue weighted by molar-refractivity contribution is 0.103. The zero-order valence-electron chi connectivity index (χ0n) is 14.1. The maximum absolute atomic E-state index is 12.7. The van der Waals surface area contributed by atoms with Gasteiger partial charge in [0.05, 0.1) is 11.4 Å². The number of fused-ring (bicyclic) bond motifs is 1. The van der Waals surface area contributed by atoms with E-state index in [0.29, 0.717) is 15.7 Å². The lowest BCUT2D eigenvalue weighted by atomic mass is 10.1. The number of rotatable bonds is 3. The Bertz CT molecular complexity index is 1120. The molecule has 0 bridgehead atoms. The molecule has 0 aromatic carbocycles. The molecule has 130 valence electrons. The second kappa shape index (κ2) is 6.47. The highest BCUT2D eigenvalue weighted by Gasteiger charge is 2.20. The smallest absolute Gasteiger partial charge is 0.269 e. The number of carbonyl (C=O) groups is 1. The molecule has 4 aromatic heterocycles. The second-order valence-electron chi connectivity index (χ2n) is 5.83. The number of pyridine rings is 2. The molecule has 26 heavy (non-hydrogen) atoms. The molecular formula is C18H15N5OS2. The summed E-state index contributed by atoms with van der Waals surface area (Å²) in [6, 6.07) is 5.72. The van der Waals surface area contributed by atoms with Crippen LogP contribution in [0.4, 0.5) is 10.8 Å². The molecule has 0 saturated carbocycles. The molecule has 6 nitrogen and oxygen atoms in total. The predicted molar refractivity (Wildman–Crippen MR) is 107 cm³/mol. The van der Waals surface area contributed by atoms with Crippen molar-refractivity contribution in [1.82, 2.24) is 15.0 Å². The van der Waals surface area contributed by atoms with E-state index in [4.69, 9.17) is 5.73 Å². The Morgan fingerprint density at radius 3 is 2.73 bits per heavy atom. The number of nitrogens with two attached hydrogens (primary N) is 1. The van der Waals surface area contributed by atoms with Crippen LogP contribution >= 0.6 is 22.7 Å². The number of amides is 1. The average molecular weight is 381 g/mol. The third kappa shape index (κ3) is 2.93. The minimum atomic E-state index is -0.266. The van der Waals surface area contributed by atoms with Gasteiger partial charge in [-0.25, -0.2) is 9.97 Å². The van der Waals surface area contributed by atoms with Crippen LogP contribution in [0.15, 0.2) is 36.0 Å². The van der Waals surface area contributed by atoms with E-state index in [0.717, 1.165) is 32.7 Å². The zero-order chi connectivity index (χ0) is 18.3. The fourth-order valence-electron chi connectivity index (χ4n) is 2.78. The number of hydrogen-bond donors (Lipinski definition) is 2. The minimum absolute atomic E-state index is 0.266. The van der Waals surface area contributed by atoms with Crippen molar-refractivity contribution in [3.05, 3.63) is 52.1 Å². The number of hydrogen-bond acceptors (Lipinski definition) is 7. The van der Waals surface area contributed by atoms with E-state index in [1.165, 1.54) is 22.7 Å². The molecule has 0 atom stereocenters. The number of thiazole rings is 1. The summed E-state index contributed by atoms with van der Waals surface area (Å²) in [5.41, 5.74) is 10.4. The quantitative estimate of drug-likeness (QED) is 0.553. The summed E-state index contributed by atoms with van der Waals surface area (Å²) in [5.74, 6) is -0.266. The van der Waals surface area contributed by atoms with E-state index < -0.39 is 0 Å². The van der Waals surface area contributed by atoms with Crippen molar-refractivity contribution in [2.24, 2.45) is 0 Å². The third-order valence-corrected chi connectivity index (χ3v) is 5.79. The van der Waals surface area contributed by atoms with Gasteiger partial charge in [-0.1, -0.05) is 0 Å². The number of nitrogen functional groups attached to an aromatic ring is 1. The number of aryl methyl sites for hydroxylation is 2. The van der Waals surface area contributed by atoms with Crippen LogP contribution in [0.25, 0.3) is 21.5 Å². The van der Waals surface area contributed by atoms with Crippen LogP contribution in [0.2, 0.25) is 0 Å². The van der Waals surface area contributed by atoms with Crippen LogP contribution in [0.5, 0.6) is 0 Å². The molecule has 0 unspecified atom stereocenters. The molecule has 0 spiro atoms. The average Bonchev–Trinajstić information content (AvgIpc) is 3.20. The monoisotopic (exact) mass is 381 g/mol. The van der Waals surface area contributed by atoms with E-state index in [-0.39, 0.29) is 5.91 Å². The number of carbonyl (C=O) groups excluding carboxylic acids is 1. The predicted octanol–water partition coefficient (Wildman–Crippen LogP) is 4.27. The lowest BCUT2D eigenvalue weighted by Gasteiger charge is -2.01. The molecule has 0 saturated heterocycles. The van der Waals surface area contributed by atoms with Crippen molar-refractivity contribution in [3.8, 4) is 11.3 Å². The van der Waals surface area contributed by atoms with Crippen molar-refractivity contribution < 1.29 is 4.79 Å². The van der Waals surface area contributed by atoms with Crippen LogP contribution in [0.1, 0.15) is 20.9 Å². The fourth-order valence-corrected chi connectivity index (χ4v) is 4.60. The van der Waals surface area contributed by atoms with Crippen LogP contribution < -0.4 is 11.1 Å². The van der Waals surface area contributed by atoms with Crippen molar-refractivity contribution >= 4 is 49.6 Å². The molecule has 0 aliphatic heterocycles. The zero-order valence-corrected chi connectivity index (χ0v) is 15.7. The van der Waals surface area contributed by atoms with Crippen LogP contribution in [-0.2, 0) is 0 Å². The Morgan fingerprint density at radius 2 is 1.96 bits per heavy atom. The molecular weight excluding hydrogens is 366 g/mol. The number of nitrogens with zero attached hydrogens (tertiary/aromatic N) is 3. The second-order valence-corrected chi connectivity index (χ2v) is 7.69. The number of nitrogens with one attached hydrogen (secondary N) is 1. The Kier molecular flexibility index (Phi) is 4.14. The molecule has 4 heterocycles. The highest BCUT2D eigenvalue weighted by atomic mass is 32.1. The highest BCUT2D eigenvalue weighted by Crippen LogP contribution is 2.35. The lowest BCUT2D eigenvalue weighted by Crippen LogP contribution is -2.11. The van der Waals surface area contributed by atoms with Crippen molar-refractivity contribution in [2.75, 3.05) is 11.1 Å². The van der Waals surface area contributed by atoms with Gasteiger partial charge in [0.15, 0.2) is 5.13 Å². The van der Waals surface area contributed by atoms with Crippen LogP contribution in [0.3, 0.4) is 0 Å². The van der Waals surface area contributed by atoms with Gasteiger partial charge in [0.1, 0.15) is 9.71 Å². The number of anilines is 2. The molecule has 0 aliphatic rings. The van der Waals surface area contributed by atoms with E-state index in [2.05, 4.69) is 20.3 Å². The summed E-state index contributed by atoms with van der Waals surface area (Å²) in [7, 11) is 0. The van der Waals surface area contributed by atoms with Crippen LogP contribution in [0, 0.1) is 13.8 Å². The summed E-state index contributed by atoms with van der Waals surface area (Å²) in [4.78, 5) is 26.9.